The molecule has 4 aliphatic rings. The second-order valence-electron chi connectivity index (χ2n) is 9.88. The summed E-state index contributed by atoms with van der Waals surface area (Å²) in [5.41, 5.74) is 3.23. The van der Waals surface area contributed by atoms with Gasteiger partial charge in [-0.25, -0.2) is 14.0 Å². The van der Waals surface area contributed by atoms with E-state index in [1.807, 2.05) is 48.5 Å². The summed E-state index contributed by atoms with van der Waals surface area (Å²) in [6.07, 6.45) is 1.25. The maximum atomic E-state index is 13.6. The van der Waals surface area contributed by atoms with Crippen molar-refractivity contribution in [3.8, 4) is 0 Å². The van der Waals surface area contributed by atoms with Gasteiger partial charge in [-0.15, -0.1) is 0 Å². The number of ether oxygens (including phenoxy) is 2. The van der Waals surface area contributed by atoms with E-state index in [-0.39, 0.29) is 30.4 Å². The van der Waals surface area contributed by atoms with Crippen LogP contribution >= 0.6 is 0 Å². The lowest BCUT2D eigenvalue weighted by Gasteiger charge is -2.66. The Morgan fingerprint density at radius 2 is 1.69 bits per heavy atom. The van der Waals surface area contributed by atoms with Crippen LogP contribution in [0.5, 0.6) is 0 Å². The van der Waals surface area contributed by atoms with Gasteiger partial charge in [0.05, 0.1) is 12.1 Å². The van der Waals surface area contributed by atoms with Gasteiger partial charge in [0.2, 0.25) is 0 Å². The summed E-state index contributed by atoms with van der Waals surface area (Å²) in [5, 5.41) is 2.90. The maximum Gasteiger partial charge on any atom is 0.411 e. The number of hydrogen-bond acceptors (Lipinski definition) is 4. The summed E-state index contributed by atoms with van der Waals surface area (Å²) in [6.45, 7) is 0.679. The van der Waals surface area contributed by atoms with Crippen LogP contribution in [0.25, 0.3) is 0 Å². The van der Waals surface area contributed by atoms with Gasteiger partial charge in [-0.3, -0.25) is 4.90 Å². The van der Waals surface area contributed by atoms with Crippen LogP contribution in [0.2, 0.25) is 0 Å². The number of alkyl carbamates (subject to hydrolysis) is 1. The minimum absolute atomic E-state index is 0.184. The third-order valence-electron chi connectivity index (χ3n) is 7.73. The van der Waals surface area contributed by atoms with Crippen molar-refractivity contribution in [1.29, 1.82) is 0 Å². The number of carbonyl (C=O) groups is 2. The van der Waals surface area contributed by atoms with Crippen LogP contribution in [0.3, 0.4) is 0 Å². The van der Waals surface area contributed by atoms with E-state index in [0.717, 1.165) is 29.5 Å². The molecular formula is C29H27FN2O4. The first-order valence-electron chi connectivity index (χ1n) is 12.3. The molecule has 1 heterocycles. The number of hydrogen-bond donors (Lipinski definition) is 1. The standard InChI is InChI=1S/C29H27FN2O4/c30-23-12-10-21(11-13-23)25-24-9-5-4-8-20(24)14-15-32(25)28(34)36-29-16-22(17-29)26(29)31-27(33)35-18-19-6-2-1-3-7-19/h1-13,22,25-26H,14-18H2,(H,31,33)/t22?,25-,26?,29?/m0/s1. The minimum Gasteiger partial charge on any atom is -0.445 e. The summed E-state index contributed by atoms with van der Waals surface area (Å²) in [7, 11) is 0. The van der Waals surface area contributed by atoms with Crippen molar-refractivity contribution in [2.45, 2.75) is 43.6 Å². The molecule has 3 fully saturated rings. The molecule has 1 aliphatic heterocycles. The zero-order valence-electron chi connectivity index (χ0n) is 19.7. The van der Waals surface area contributed by atoms with Gasteiger partial charge < -0.3 is 14.8 Å². The van der Waals surface area contributed by atoms with Crippen LogP contribution in [-0.2, 0) is 22.5 Å². The normalized spacial score (nSPS) is 25.6. The number of fused-ring (bicyclic) bond motifs is 1. The molecule has 7 rings (SSSR count). The number of nitrogens with zero attached hydrogens (tertiary/aromatic N) is 1. The molecule has 0 saturated heterocycles. The van der Waals surface area contributed by atoms with Crippen molar-refractivity contribution < 1.29 is 23.5 Å². The highest BCUT2D eigenvalue weighted by molar-refractivity contribution is 5.72. The number of carbonyl (C=O) groups excluding carboxylic acids is 2. The molecule has 3 saturated carbocycles. The van der Waals surface area contributed by atoms with Crippen molar-refractivity contribution in [1.82, 2.24) is 10.2 Å². The Morgan fingerprint density at radius 1 is 0.972 bits per heavy atom. The number of halogens is 1. The Bertz CT molecular complexity index is 1270. The van der Waals surface area contributed by atoms with Gasteiger partial charge in [0.15, 0.2) is 0 Å². The van der Waals surface area contributed by atoms with E-state index in [2.05, 4.69) is 11.4 Å². The SMILES string of the molecule is O=C(NC1C2CC1(OC(=O)N1CCc3ccccc3[C@@H]1c1ccc(F)cc1)C2)OCc1ccccc1. The van der Waals surface area contributed by atoms with Gasteiger partial charge in [-0.1, -0.05) is 66.7 Å². The molecule has 0 spiro atoms. The first-order chi connectivity index (χ1) is 17.5. The third-order valence-corrected chi connectivity index (χ3v) is 7.73. The average Bonchev–Trinajstić information content (AvgIpc) is 2.89. The molecular weight excluding hydrogens is 459 g/mol. The summed E-state index contributed by atoms with van der Waals surface area (Å²) >= 11 is 0. The van der Waals surface area contributed by atoms with Crippen molar-refractivity contribution in [2.75, 3.05) is 6.54 Å². The monoisotopic (exact) mass is 486 g/mol. The molecule has 2 amide bonds. The second kappa shape index (κ2) is 8.97. The van der Waals surface area contributed by atoms with Crippen molar-refractivity contribution in [2.24, 2.45) is 5.92 Å². The highest BCUT2D eigenvalue weighted by Crippen LogP contribution is 2.60. The molecule has 184 valence electrons. The molecule has 2 bridgehead atoms. The van der Waals surface area contributed by atoms with Gasteiger partial charge in [0.25, 0.3) is 0 Å². The quantitative estimate of drug-likeness (QED) is 0.527. The van der Waals surface area contributed by atoms with Gasteiger partial charge in [-0.05, 0) is 59.6 Å². The lowest BCUT2D eigenvalue weighted by Crippen LogP contribution is -2.78. The van der Waals surface area contributed by atoms with Gasteiger partial charge >= 0.3 is 12.2 Å². The first kappa shape index (κ1) is 22.6. The van der Waals surface area contributed by atoms with Crippen LogP contribution in [0.4, 0.5) is 14.0 Å². The Kier molecular flexibility index (Phi) is 5.63. The highest BCUT2D eigenvalue weighted by Gasteiger charge is 2.69. The molecule has 0 aromatic heterocycles. The van der Waals surface area contributed by atoms with E-state index in [4.69, 9.17) is 9.47 Å². The zero-order chi connectivity index (χ0) is 24.7. The Morgan fingerprint density at radius 3 is 2.42 bits per heavy atom. The van der Waals surface area contributed by atoms with E-state index in [9.17, 15) is 14.0 Å². The molecule has 36 heavy (non-hydrogen) atoms. The smallest absolute Gasteiger partial charge is 0.411 e. The Balaban J connectivity index is 1.15. The van der Waals surface area contributed by atoms with Crippen molar-refractivity contribution in [3.63, 3.8) is 0 Å². The molecule has 6 nitrogen and oxygen atoms in total. The molecule has 3 aromatic rings. The fourth-order valence-electron chi connectivity index (χ4n) is 5.71. The summed E-state index contributed by atoms with van der Waals surface area (Å²) in [5.74, 6) is -0.0315. The first-order valence-corrected chi connectivity index (χ1v) is 12.3. The maximum absolute atomic E-state index is 13.6. The zero-order valence-corrected chi connectivity index (χ0v) is 19.7. The molecule has 1 N–H and O–H groups in total. The summed E-state index contributed by atoms with van der Waals surface area (Å²) in [6, 6.07) is 23.2. The lowest BCUT2D eigenvalue weighted by molar-refractivity contribution is -0.223. The highest BCUT2D eigenvalue weighted by atomic mass is 19.1. The lowest BCUT2D eigenvalue weighted by atomic mass is 9.48. The number of rotatable bonds is 5. The van der Waals surface area contributed by atoms with Crippen LogP contribution in [0.15, 0.2) is 78.9 Å². The molecule has 1 unspecified atom stereocenters. The molecule has 3 aromatic carbocycles. The Hall–Kier alpha value is -3.87. The van der Waals surface area contributed by atoms with Crippen LogP contribution in [0, 0.1) is 11.7 Å². The molecule has 0 radical (unpaired) electrons. The predicted octanol–water partition coefficient (Wildman–Crippen LogP) is 5.37. The minimum atomic E-state index is -0.697. The fourth-order valence-corrected chi connectivity index (χ4v) is 5.71. The third kappa shape index (κ3) is 3.98. The summed E-state index contributed by atoms with van der Waals surface area (Å²) in [4.78, 5) is 27.6. The average molecular weight is 487 g/mol. The van der Waals surface area contributed by atoms with Crippen LogP contribution in [-0.4, -0.2) is 35.3 Å². The van der Waals surface area contributed by atoms with Crippen molar-refractivity contribution in [3.05, 3.63) is 107 Å². The summed E-state index contributed by atoms with van der Waals surface area (Å²) < 4.78 is 25.1. The van der Waals surface area contributed by atoms with E-state index < -0.39 is 17.8 Å². The van der Waals surface area contributed by atoms with Crippen molar-refractivity contribution >= 4 is 12.2 Å². The van der Waals surface area contributed by atoms with Gasteiger partial charge in [-0.2, -0.15) is 0 Å². The van der Waals surface area contributed by atoms with Crippen LogP contribution < -0.4 is 5.32 Å². The van der Waals surface area contributed by atoms with Gasteiger partial charge in [0.1, 0.15) is 18.0 Å². The van der Waals surface area contributed by atoms with E-state index in [1.54, 1.807) is 17.0 Å². The van der Waals surface area contributed by atoms with E-state index in [0.29, 0.717) is 13.0 Å². The van der Waals surface area contributed by atoms with Crippen LogP contribution in [0.1, 0.15) is 41.1 Å². The topological polar surface area (TPSA) is 67.9 Å². The van der Waals surface area contributed by atoms with E-state index in [1.165, 1.54) is 17.7 Å². The predicted molar refractivity (Wildman–Crippen MR) is 131 cm³/mol. The number of benzene rings is 3. The number of amides is 2. The number of nitrogens with one attached hydrogen (secondary N) is 1. The second-order valence-corrected chi connectivity index (χ2v) is 9.88. The van der Waals surface area contributed by atoms with Gasteiger partial charge in [0, 0.05) is 6.54 Å². The largest absolute Gasteiger partial charge is 0.445 e. The molecule has 7 heteroatoms. The molecule has 2 atom stereocenters. The molecule has 3 aliphatic carbocycles. The Labute approximate surface area is 209 Å². The van der Waals surface area contributed by atoms with E-state index >= 15 is 0 Å². The fraction of sp³-hybridized carbons (Fsp3) is 0.310.